The van der Waals surface area contributed by atoms with Crippen molar-refractivity contribution in [3.63, 3.8) is 0 Å². The molecule has 0 saturated carbocycles. The van der Waals surface area contributed by atoms with Crippen molar-refractivity contribution in [2.45, 2.75) is 6.85 Å². The van der Waals surface area contributed by atoms with E-state index in [1.807, 2.05) is 0 Å². The summed E-state index contributed by atoms with van der Waals surface area (Å²) in [6, 6.07) is 4.03. The number of hydrogen-bond donors (Lipinski definition) is 1. The summed E-state index contributed by atoms with van der Waals surface area (Å²) in [6.07, 6.45) is 0. The highest BCUT2D eigenvalue weighted by molar-refractivity contribution is 6.33. The van der Waals surface area contributed by atoms with Crippen LogP contribution in [0.5, 0.6) is 5.75 Å². The minimum absolute atomic E-state index is 0.0142. The second-order valence-corrected chi connectivity index (χ2v) is 2.29. The molecule has 1 aromatic rings. The summed E-state index contributed by atoms with van der Waals surface area (Å²) in [5.74, 6) is 0.0142. The molecule has 0 bridgehead atoms. The Bertz CT molecular complexity index is 393. The minimum Gasteiger partial charge on any atom is -0.494 e. The lowest BCUT2D eigenvalue weighted by Gasteiger charge is -2.03. The van der Waals surface area contributed by atoms with Crippen molar-refractivity contribution in [2.75, 3.05) is 12.3 Å². The molecule has 2 nitrogen and oxygen atoms in total. The molecule has 1 aromatic carbocycles. The number of nitrogen functional groups attached to an aromatic ring is 1. The molecule has 0 atom stereocenters. The maximum atomic E-state index is 7.25. The Labute approximate surface area is 77.9 Å². The molecule has 0 unspecified atom stereocenters. The van der Waals surface area contributed by atoms with Crippen LogP contribution < -0.4 is 10.5 Å². The number of nitrogens with two attached hydrogens (primary N) is 1. The highest BCUT2D eigenvalue weighted by atomic mass is 35.5. The topological polar surface area (TPSA) is 35.2 Å². The van der Waals surface area contributed by atoms with Crippen LogP contribution in [-0.2, 0) is 0 Å². The van der Waals surface area contributed by atoms with E-state index in [2.05, 4.69) is 0 Å². The van der Waals surface area contributed by atoms with E-state index in [9.17, 15) is 0 Å². The van der Waals surface area contributed by atoms with Crippen molar-refractivity contribution >= 4 is 17.3 Å². The first-order valence-corrected chi connectivity index (χ1v) is 3.25. The van der Waals surface area contributed by atoms with Gasteiger partial charge in [0, 0.05) is 10.2 Å². The van der Waals surface area contributed by atoms with Crippen molar-refractivity contribution in [3.8, 4) is 5.75 Å². The zero-order valence-electron chi connectivity index (χ0n) is 10.6. The fourth-order valence-corrected chi connectivity index (χ4v) is 0.801. The SMILES string of the molecule is [2H]C([2H])([2H])C([2H])([2H])Oc1ccc(N)c(Cl)c1. The molecule has 0 aliphatic carbocycles. The van der Waals surface area contributed by atoms with Crippen LogP contribution in [0.1, 0.15) is 13.7 Å². The van der Waals surface area contributed by atoms with Gasteiger partial charge in [0.2, 0.25) is 0 Å². The quantitative estimate of drug-likeness (QED) is 0.702. The summed E-state index contributed by atoms with van der Waals surface area (Å²) < 4.78 is 40.1. The third kappa shape index (κ3) is 2.02. The summed E-state index contributed by atoms with van der Waals surface area (Å²) in [6.45, 7) is -5.65. The third-order valence-corrected chi connectivity index (χ3v) is 1.47. The molecule has 0 amide bonds. The van der Waals surface area contributed by atoms with Gasteiger partial charge in [0.05, 0.1) is 20.0 Å². The van der Waals surface area contributed by atoms with E-state index in [4.69, 9.17) is 28.9 Å². The molecule has 0 fully saturated rings. The summed E-state index contributed by atoms with van der Waals surface area (Å²) in [5.41, 5.74) is 5.75. The summed E-state index contributed by atoms with van der Waals surface area (Å²) >= 11 is 5.69. The average molecular weight is 177 g/mol. The van der Waals surface area contributed by atoms with Gasteiger partial charge >= 0.3 is 0 Å². The van der Waals surface area contributed by atoms with E-state index in [0.29, 0.717) is 5.69 Å². The zero-order chi connectivity index (χ0) is 12.6. The molecular weight excluding hydrogens is 162 g/mol. The smallest absolute Gasteiger partial charge is 0.120 e. The van der Waals surface area contributed by atoms with Gasteiger partial charge in [0.1, 0.15) is 5.75 Å². The van der Waals surface area contributed by atoms with E-state index in [1.54, 1.807) is 0 Å². The monoisotopic (exact) mass is 176 g/mol. The van der Waals surface area contributed by atoms with Gasteiger partial charge in [-0.15, -0.1) is 0 Å². The molecule has 11 heavy (non-hydrogen) atoms. The van der Waals surface area contributed by atoms with Gasteiger partial charge in [-0.05, 0) is 19.0 Å². The normalized spacial score (nSPS) is 18.8. The fraction of sp³-hybridized carbons (Fsp3) is 0.250. The van der Waals surface area contributed by atoms with Gasteiger partial charge in [0.25, 0.3) is 0 Å². The molecule has 2 N–H and O–H groups in total. The maximum Gasteiger partial charge on any atom is 0.120 e. The average Bonchev–Trinajstić information content (AvgIpc) is 2.09. The van der Waals surface area contributed by atoms with Crippen LogP contribution in [0.3, 0.4) is 0 Å². The fourth-order valence-electron chi connectivity index (χ4n) is 0.630. The molecule has 3 heteroatoms. The van der Waals surface area contributed by atoms with Gasteiger partial charge in [-0.25, -0.2) is 0 Å². The second-order valence-electron chi connectivity index (χ2n) is 1.89. The predicted octanol–water partition coefficient (Wildman–Crippen LogP) is 2.32. The Morgan fingerprint density at radius 2 is 2.64 bits per heavy atom. The van der Waals surface area contributed by atoms with Gasteiger partial charge < -0.3 is 10.5 Å². The standard InChI is InChI=1S/C8H10ClNO/c1-2-11-6-3-4-8(10)7(9)5-6/h3-5H,2,10H2,1H3/i1D3,2D2. The molecular formula is C8H10ClNO. The number of anilines is 1. The number of rotatable bonds is 2. The Hall–Kier alpha value is -0.890. The third-order valence-electron chi connectivity index (χ3n) is 1.14. The van der Waals surface area contributed by atoms with E-state index >= 15 is 0 Å². The van der Waals surface area contributed by atoms with Crippen molar-refractivity contribution in [2.24, 2.45) is 0 Å². The van der Waals surface area contributed by atoms with E-state index in [1.165, 1.54) is 18.2 Å². The molecule has 1 rings (SSSR count). The lowest BCUT2D eigenvalue weighted by atomic mass is 10.3. The summed E-state index contributed by atoms with van der Waals surface area (Å²) in [7, 11) is 0. The highest BCUT2D eigenvalue weighted by Gasteiger charge is 1.97. The lowest BCUT2D eigenvalue weighted by molar-refractivity contribution is 0.340. The molecule has 60 valence electrons. The summed E-state index contributed by atoms with van der Waals surface area (Å²) in [5, 5.41) is 0.179. The largest absolute Gasteiger partial charge is 0.494 e. The Balaban J connectivity index is 2.93. The highest BCUT2D eigenvalue weighted by Crippen LogP contribution is 2.23. The van der Waals surface area contributed by atoms with E-state index in [-0.39, 0.29) is 10.8 Å². The number of halogens is 1. The molecule has 0 spiro atoms. The van der Waals surface area contributed by atoms with Crippen LogP contribution in [0.15, 0.2) is 18.2 Å². The van der Waals surface area contributed by atoms with Crippen molar-refractivity contribution < 1.29 is 11.6 Å². The first kappa shape index (κ1) is 3.68. The van der Waals surface area contributed by atoms with Crippen molar-refractivity contribution in [3.05, 3.63) is 23.2 Å². The van der Waals surface area contributed by atoms with Crippen LogP contribution in [0.2, 0.25) is 5.02 Å². The maximum absolute atomic E-state index is 7.25. The van der Waals surface area contributed by atoms with Crippen LogP contribution in [0.4, 0.5) is 5.69 Å². The van der Waals surface area contributed by atoms with Crippen molar-refractivity contribution in [1.82, 2.24) is 0 Å². The first-order chi connectivity index (χ1) is 7.13. The predicted molar refractivity (Wildman–Crippen MR) is 47.0 cm³/mol. The van der Waals surface area contributed by atoms with E-state index < -0.39 is 13.4 Å². The van der Waals surface area contributed by atoms with Gasteiger partial charge in [-0.3, -0.25) is 0 Å². The summed E-state index contributed by atoms with van der Waals surface area (Å²) in [4.78, 5) is 0. The van der Waals surface area contributed by atoms with Crippen molar-refractivity contribution in [1.29, 1.82) is 0 Å². The van der Waals surface area contributed by atoms with Crippen LogP contribution >= 0.6 is 11.6 Å². The minimum atomic E-state index is -2.87. The first-order valence-electron chi connectivity index (χ1n) is 5.37. The van der Waals surface area contributed by atoms with E-state index in [0.717, 1.165) is 0 Å². The van der Waals surface area contributed by atoms with Gasteiger partial charge in [-0.2, -0.15) is 0 Å². The number of hydrogen-bond acceptors (Lipinski definition) is 2. The van der Waals surface area contributed by atoms with Gasteiger partial charge in [0.15, 0.2) is 0 Å². The number of benzene rings is 1. The number of ether oxygens (including phenoxy) is 1. The second kappa shape index (κ2) is 3.49. The molecule has 0 aromatic heterocycles. The Morgan fingerprint density at radius 1 is 1.82 bits per heavy atom. The molecule has 0 heterocycles. The Morgan fingerprint density at radius 3 is 3.27 bits per heavy atom. The lowest BCUT2D eigenvalue weighted by Crippen LogP contribution is -1.92. The molecule has 0 aliphatic rings. The zero-order valence-corrected chi connectivity index (χ0v) is 6.35. The molecule has 0 aliphatic heterocycles. The Kier molecular flexibility index (Phi) is 1.16. The van der Waals surface area contributed by atoms with Gasteiger partial charge in [-0.1, -0.05) is 11.6 Å². The van der Waals surface area contributed by atoms with Crippen LogP contribution in [0, 0.1) is 0 Å². The van der Waals surface area contributed by atoms with Crippen LogP contribution in [-0.4, -0.2) is 6.56 Å². The molecule has 0 radical (unpaired) electrons. The van der Waals surface area contributed by atoms with Crippen LogP contribution in [0.25, 0.3) is 0 Å². The molecule has 0 saturated heterocycles.